The zero-order chi connectivity index (χ0) is 23.3. The number of nitrogens with zero attached hydrogens (tertiary/aromatic N) is 3. The minimum absolute atomic E-state index is 0.0132. The molecule has 6 nitrogen and oxygen atoms in total. The van der Waals surface area contributed by atoms with Crippen molar-refractivity contribution >= 4 is 28.9 Å². The van der Waals surface area contributed by atoms with E-state index in [1.807, 2.05) is 31.2 Å². The topological polar surface area (TPSA) is 77.1 Å². The van der Waals surface area contributed by atoms with Crippen LogP contribution < -0.4 is 0 Å². The highest BCUT2D eigenvalue weighted by Crippen LogP contribution is 2.34. The molecule has 0 saturated carbocycles. The summed E-state index contributed by atoms with van der Waals surface area (Å²) in [5.41, 5.74) is 3.21. The number of benzene rings is 1. The van der Waals surface area contributed by atoms with Crippen molar-refractivity contribution in [1.82, 2.24) is 9.78 Å². The molecular formula is C24H30ClN3O3. The summed E-state index contributed by atoms with van der Waals surface area (Å²) in [6.45, 7) is 13.8. The van der Waals surface area contributed by atoms with Gasteiger partial charge in [0.15, 0.2) is 5.76 Å². The molecule has 0 fully saturated rings. The summed E-state index contributed by atoms with van der Waals surface area (Å²) < 4.78 is 12.7. The summed E-state index contributed by atoms with van der Waals surface area (Å²) in [4.78, 5) is 11.9. The van der Waals surface area contributed by atoms with Gasteiger partial charge >= 0.3 is 5.97 Å². The summed E-state index contributed by atoms with van der Waals surface area (Å²) in [6.07, 6.45) is 0. The van der Waals surface area contributed by atoms with Gasteiger partial charge < -0.3 is 9.47 Å². The predicted molar refractivity (Wildman–Crippen MR) is 122 cm³/mol. The minimum Gasteiger partial charge on any atom is -0.454 e. The second-order valence-corrected chi connectivity index (χ2v) is 8.97. The van der Waals surface area contributed by atoms with Crippen LogP contribution in [0.15, 0.2) is 24.3 Å². The van der Waals surface area contributed by atoms with Crippen molar-refractivity contribution in [2.75, 3.05) is 6.79 Å². The van der Waals surface area contributed by atoms with Crippen LogP contribution in [0.25, 0.3) is 11.3 Å². The quantitative estimate of drug-likeness (QED) is 0.236. The third-order valence-electron chi connectivity index (χ3n) is 4.82. The number of carbonyl (C=O) groups excluding carboxylic acids is 1. The Labute approximate surface area is 189 Å². The Morgan fingerprint density at radius 2 is 1.84 bits per heavy atom. The first-order chi connectivity index (χ1) is 14.5. The maximum absolute atomic E-state index is 11.9. The number of aromatic nitrogens is 2. The van der Waals surface area contributed by atoms with Gasteiger partial charge in [-0.1, -0.05) is 70.5 Å². The third-order valence-corrected chi connectivity index (χ3v) is 5.28. The molecule has 2 rings (SSSR count). The largest absolute Gasteiger partial charge is 0.454 e. The van der Waals surface area contributed by atoms with Crippen LogP contribution in [0, 0.1) is 24.2 Å². The number of allylic oxidation sites excluding steroid dienone is 1. The number of nitriles is 1. The molecule has 0 unspecified atom stereocenters. The lowest BCUT2D eigenvalue weighted by atomic mass is 9.86. The molecule has 1 heterocycles. The monoisotopic (exact) mass is 443 g/mol. The molecule has 2 aromatic rings. The summed E-state index contributed by atoms with van der Waals surface area (Å²) in [5.74, 6) is -0.447. The fourth-order valence-corrected chi connectivity index (χ4v) is 3.18. The molecule has 0 N–H and O–H groups in total. The summed E-state index contributed by atoms with van der Waals surface area (Å²) in [6, 6.07) is 9.99. The fourth-order valence-electron chi connectivity index (χ4n) is 2.96. The van der Waals surface area contributed by atoms with Crippen LogP contribution >= 0.6 is 11.6 Å². The van der Waals surface area contributed by atoms with Crippen molar-refractivity contribution in [2.45, 2.75) is 60.4 Å². The molecule has 166 valence electrons. The molecule has 0 spiro atoms. The second kappa shape index (κ2) is 10.0. The van der Waals surface area contributed by atoms with Gasteiger partial charge in [-0.3, -0.25) is 9.48 Å². The lowest BCUT2D eigenvalue weighted by Gasteiger charge is -2.19. The van der Waals surface area contributed by atoms with E-state index in [1.165, 1.54) is 0 Å². The van der Waals surface area contributed by atoms with Crippen molar-refractivity contribution in [3.63, 3.8) is 0 Å². The highest BCUT2D eigenvalue weighted by Gasteiger charge is 2.24. The molecular weight excluding hydrogens is 414 g/mol. The summed E-state index contributed by atoms with van der Waals surface area (Å²) >= 11 is 6.54. The maximum Gasteiger partial charge on any atom is 0.311 e. The molecule has 0 atom stereocenters. The normalized spacial score (nSPS) is 12.4. The van der Waals surface area contributed by atoms with Crippen LogP contribution in [-0.4, -0.2) is 22.5 Å². The molecule has 0 aliphatic rings. The Bertz CT molecular complexity index is 1010. The second-order valence-electron chi connectivity index (χ2n) is 8.59. The van der Waals surface area contributed by atoms with E-state index in [1.54, 1.807) is 25.5 Å². The average Bonchev–Trinajstić information content (AvgIpc) is 3.00. The van der Waals surface area contributed by atoms with Crippen LogP contribution in [-0.2, 0) is 26.2 Å². The average molecular weight is 444 g/mol. The lowest BCUT2D eigenvalue weighted by Crippen LogP contribution is -2.15. The molecule has 0 aliphatic carbocycles. The van der Waals surface area contributed by atoms with Crippen LogP contribution in [0.5, 0.6) is 0 Å². The Morgan fingerprint density at radius 1 is 1.23 bits per heavy atom. The molecule has 0 amide bonds. The first-order valence-electron chi connectivity index (χ1n) is 10.3. The first-order valence-corrected chi connectivity index (χ1v) is 10.7. The molecule has 1 aromatic carbocycles. The number of esters is 1. The number of aryl methyl sites for hydroxylation is 2. The minimum atomic E-state index is -0.390. The van der Waals surface area contributed by atoms with Crippen molar-refractivity contribution < 1.29 is 14.3 Å². The molecule has 0 saturated heterocycles. The summed E-state index contributed by atoms with van der Waals surface area (Å²) in [5, 5.41) is 14.9. The third kappa shape index (κ3) is 5.68. The van der Waals surface area contributed by atoms with Gasteiger partial charge in [0, 0.05) is 6.54 Å². The Hall–Kier alpha value is -2.78. The fraction of sp³-hybridized carbons (Fsp3) is 0.458. The van der Waals surface area contributed by atoms with E-state index in [0.717, 1.165) is 5.56 Å². The smallest absolute Gasteiger partial charge is 0.311 e. The van der Waals surface area contributed by atoms with E-state index in [2.05, 4.69) is 31.9 Å². The van der Waals surface area contributed by atoms with Gasteiger partial charge in [0.2, 0.25) is 6.79 Å². The van der Waals surface area contributed by atoms with Crippen molar-refractivity contribution in [2.24, 2.45) is 5.92 Å². The van der Waals surface area contributed by atoms with Crippen LogP contribution in [0.3, 0.4) is 0 Å². The van der Waals surface area contributed by atoms with E-state index in [4.69, 9.17) is 21.1 Å². The van der Waals surface area contributed by atoms with E-state index in [-0.39, 0.29) is 29.5 Å². The molecule has 7 heteroatoms. The van der Waals surface area contributed by atoms with Crippen LogP contribution in [0.1, 0.15) is 64.1 Å². The number of halogens is 1. The molecule has 31 heavy (non-hydrogen) atoms. The predicted octanol–water partition coefficient (Wildman–Crippen LogP) is 5.73. The van der Waals surface area contributed by atoms with Gasteiger partial charge in [-0.2, -0.15) is 10.4 Å². The van der Waals surface area contributed by atoms with E-state index >= 15 is 0 Å². The van der Waals surface area contributed by atoms with Gasteiger partial charge in [-0.25, -0.2) is 0 Å². The van der Waals surface area contributed by atoms with Gasteiger partial charge in [-0.05, 0) is 30.4 Å². The lowest BCUT2D eigenvalue weighted by molar-refractivity contribution is -0.155. The van der Waals surface area contributed by atoms with Crippen LogP contribution in [0.2, 0.25) is 5.02 Å². The van der Waals surface area contributed by atoms with Gasteiger partial charge in [-0.15, -0.1) is 0 Å². The molecule has 0 aliphatic heterocycles. The molecule has 0 bridgehead atoms. The SMILES string of the molecule is CCn1nc(C)c(Cl)c1/C(OCOC(=O)C(C)C)=C(\C#N)c1ccc(C(C)(C)C)cc1. The highest BCUT2D eigenvalue weighted by molar-refractivity contribution is 6.33. The van der Waals surface area contributed by atoms with Crippen molar-refractivity contribution in [1.29, 1.82) is 5.26 Å². The molecule has 1 aromatic heterocycles. The van der Waals surface area contributed by atoms with Crippen molar-refractivity contribution in [3.8, 4) is 6.07 Å². The van der Waals surface area contributed by atoms with Gasteiger partial charge in [0.25, 0.3) is 0 Å². The first kappa shape index (κ1) is 24.5. The Morgan fingerprint density at radius 3 is 2.32 bits per heavy atom. The number of rotatable bonds is 7. The summed E-state index contributed by atoms with van der Waals surface area (Å²) in [7, 11) is 0. The van der Waals surface area contributed by atoms with E-state index < -0.39 is 5.97 Å². The number of hydrogen-bond donors (Lipinski definition) is 0. The van der Waals surface area contributed by atoms with Crippen LogP contribution in [0.4, 0.5) is 0 Å². The number of hydrogen-bond acceptors (Lipinski definition) is 5. The highest BCUT2D eigenvalue weighted by atomic mass is 35.5. The standard InChI is InChI=1S/C24H30ClN3O3/c1-8-28-21(20(25)16(4)27-28)22(30-14-31-23(29)15(2)3)19(13-26)17-9-11-18(12-10-17)24(5,6)7/h9-12,15H,8,14H2,1-7H3/b22-19-. The molecule has 0 radical (unpaired) electrons. The maximum atomic E-state index is 11.9. The Balaban J connectivity index is 2.59. The van der Waals surface area contributed by atoms with Gasteiger partial charge in [0.1, 0.15) is 17.3 Å². The van der Waals surface area contributed by atoms with Crippen molar-refractivity contribution in [3.05, 3.63) is 51.8 Å². The Kier molecular flexibility index (Phi) is 7.91. The zero-order valence-electron chi connectivity index (χ0n) is 19.2. The number of ether oxygens (including phenoxy) is 2. The number of carbonyl (C=O) groups is 1. The van der Waals surface area contributed by atoms with Gasteiger partial charge in [0.05, 0.1) is 16.6 Å². The van der Waals surface area contributed by atoms with E-state index in [0.29, 0.717) is 28.5 Å². The van der Waals surface area contributed by atoms with E-state index in [9.17, 15) is 10.1 Å². The zero-order valence-corrected chi connectivity index (χ0v) is 20.0.